The van der Waals surface area contributed by atoms with Crippen LogP contribution in [-0.4, -0.2) is 30.6 Å². The summed E-state index contributed by atoms with van der Waals surface area (Å²) in [6.45, 7) is 0. The summed E-state index contributed by atoms with van der Waals surface area (Å²) in [4.78, 5) is 0. The molecule has 2 nitrogen and oxygen atoms in total. The molecular weight excluding hydrogens is 372 g/mol. The number of fused-ring (bicyclic) bond motifs is 4. The van der Waals surface area contributed by atoms with Crippen molar-refractivity contribution in [1.82, 2.24) is 0 Å². The van der Waals surface area contributed by atoms with Crippen LogP contribution in [0.1, 0.15) is 24.0 Å². The van der Waals surface area contributed by atoms with E-state index in [9.17, 15) is 10.2 Å². The minimum atomic E-state index is -0.808. The van der Waals surface area contributed by atoms with E-state index in [0.717, 1.165) is 6.42 Å². The first-order valence-corrected chi connectivity index (χ1v) is 8.32. The molecule has 0 amide bonds. The summed E-state index contributed by atoms with van der Waals surface area (Å²) >= 11 is 7.58. The van der Waals surface area contributed by atoms with E-state index in [1.807, 2.05) is 12.1 Å². The van der Waals surface area contributed by atoms with E-state index >= 15 is 0 Å². The first-order valence-electron chi connectivity index (χ1n) is 6.73. The highest BCUT2D eigenvalue weighted by Crippen LogP contribution is 2.76. The molecule has 3 aliphatic rings. The molecule has 0 aromatic heterocycles. The lowest BCUT2D eigenvalue weighted by Crippen LogP contribution is -2.46. The van der Waals surface area contributed by atoms with Gasteiger partial charge in [0, 0.05) is 16.7 Å². The summed E-state index contributed by atoms with van der Waals surface area (Å²) < 4.78 is -0.178. The van der Waals surface area contributed by atoms with Crippen molar-refractivity contribution in [1.29, 1.82) is 0 Å². The molecule has 0 radical (unpaired) electrons. The Balaban J connectivity index is 1.82. The molecule has 0 saturated heterocycles. The maximum absolute atomic E-state index is 11.1. The van der Waals surface area contributed by atoms with Crippen molar-refractivity contribution in [2.75, 3.05) is 0 Å². The smallest absolute Gasteiger partial charge is 0.0768 e. The SMILES string of the molecule is O[C@H]1Cc2ccccc2C[C@@]2(O)C[C@]3(Br)C[C@]3(Br)[C@@H]12. The average Bonchev–Trinajstić information content (AvgIpc) is 2.79. The second-order valence-corrected chi connectivity index (χ2v) is 9.41. The predicted octanol–water partition coefficient (Wildman–Crippen LogP) is 2.57. The van der Waals surface area contributed by atoms with Crippen LogP contribution in [0, 0.1) is 5.92 Å². The zero-order valence-corrected chi connectivity index (χ0v) is 13.6. The number of hydrogen-bond donors (Lipinski definition) is 2. The average molecular weight is 388 g/mol. The van der Waals surface area contributed by atoms with Gasteiger partial charge in [-0.3, -0.25) is 0 Å². The Kier molecular flexibility index (Phi) is 2.46. The number of hydrogen-bond acceptors (Lipinski definition) is 2. The monoisotopic (exact) mass is 386 g/mol. The molecule has 3 aliphatic carbocycles. The molecule has 19 heavy (non-hydrogen) atoms. The molecule has 1 aromatic carbocycles. The molecule has 5 atom stereocenters. The topological polar surface area (TPSA) is 40.5 Å². The molecule has 2 fully saturated rings. The van der Waals surface area contributed by atoms with Crippen molar-refractivity contribution in [2.24, 2.45) is 5.92 Å². The van der Waals surface area contributed by atoms with Crippen molar-refractivity contribution in [3.05, 3.63) is 35.4 Å². The Morgan fingerprint density at radius 2 is 1.79 bits per heavy atom. The van der Waals surface area contributed by atoms with E-state index in [0.29, 0.717) is 19.3 Å². The number of benzene rings is 1. The molecule has 0 aliphatic heterocycles. The number of aliphatic hydroxyl groups is 2. The minimum Gasteiger partial charge on any atom is -0.392 e. The highest BCUT2D eigenvalue weighted by atomic mass is 79.9. The third-order valence-electron chi connectivity index (χ3n) is 5.24. The third-order valence-corrected chi connectivity index (χ3v) is 8.58. The highest BCUT2D eigenvalue weighted by molar-refractivity contribution is 9.13. The van der Waals surface area contributed by atoms with Crippen LogP contribution in [0.5, 0.6) is 0 Å². The van der Waals surface area contributed by atoms with Gasteiger partial charge in [0.2, 0.25) is 0 Å². The molecule has 102 valence electrons. The molecule has 4 rings (SSSR count). The van der Waals surface area contributed by atoms with E-state index in [1.165, 1.54) is 11.1 Å². The molecule has 0 bridgehead atoms. The Bertz CT molecular complexity index is 563. The largest absolute Gasteiger partial charge is 0.392 e. The standard InChI is InChI=1S/C15H16Br2O2/c16-14-7-13(19)6-10-4-2-1-3-9(10)5-11(18)12(13)15(14,17)8-14/h1-4,11-12,18-19H,5-8H2/t11-,12-,13+,14-,15-/m0/s1. The van der Waals surface area contributed by atoms with Crippen LogP contribution in [0.25, 0.3) is 0 Å². The van der Waals surface area contributed by atoms with Gasteiger partial charge in [0.05, 0.1) is 16.0 Å². The van der Waals surface area contributed by atoms with Gasteiger partial charge in [-0.1, -0.05) is 56.1 Å². The van der Waals surface area contributed by atoms with Gasteiger partial charge >= 0.3 is 0 Å². The highest BCUT2D eigenvalue weighted by Gasteiger charge is 2.80. The van der Waals surface area contributed by atoms with E-state index in [1.54, 1.807) is 0 Å². The minimum absolute atomic E-state index is 0.0350. The maximum Gasteiger partial charge on any atom is 0.0768 e. The maximum atomic E-state index is 11.1. The molecule has 2 N–H and O–H groups in total. The van der Waals surface area contributed by atoms with Crippen molar-refractivity contribution in [3.63, 3.8) is 0 Å². The predicted molar refractivity (Wildman–Crippen MR) is 80.8 cm³/mol. The van der Waals surface area contributed by atoms with E-state index < -0.39 is 11.7 Å². The number of aliphatic hydroxyl groups excluding tert-OH is 1. The van der Waals surface area contributed by atoms with E-state index in [-0.39, 0.29) is 14.6 Å². The summed E-state index contributed by atoms with van der Waals surface area (Å²) in [5, 5.41) is 21.8. The fourth-order valence-corrected chi connectivity index (χ4v) is 7.32. The molecule has 0 spiro atoms. The van der Waals surface area contributed by atoms with Gasteiger partial charge in [-0.15, -0.1) is 0 Å². The molecule has 2 saturated carbocycles. The fraction of sp³-hybridized carbons (Fsp3) is 0.600. The lowest BCUT2D eigenvalue weighted by molar-refractivity contribution is -0.0561. The quantitative estimate of drug-likeness (QED) is 0.671. The summed E-state index contributed by atoms with van der Waals surface area (Å²) in [7, 11) is 0. The van der Waals surface area contributed by atoms with E-state index in [2.05, 4.69) is 44.0 Å². The van der Waals surface area contributed by atoms with Crippen LogP contribution < -0.4 is 0 Å². The Morgan fingerprint density at radius 3 is 2.53 bits per heavy atom. The third kappa shape index (κ3) is 1.55. The normalized spacial score (nSPS) is 50.9. The first-order chi connectivity index (χ1) is 8.88. The second kappa shape index (κ2) is 3.65. The second-order valence-electron chi connectivity index (χ2n) is 6.48. The van der Waals surface area contributed by atoms with Crippen LogP contribution in [0.4, 0.5) is 0 Å². The molecule has 0 heterocycles. The van der Waals surface area contributed by atoms with Crippen LogP contribution >= 0.6 is 31.9 Å². The zero-order valence-electron chi connectivity index (χ0n) is 10.4. The van der Waals surface area contributed by atoms with Gasteiger partial charge in [0.25, 0.3) is 0 Å². The Hall–Kier alpha value is 0.1000. The fourth-order valence-electron chi connectivity index (χ4n) is 4.42. The summed E-state index contributed by atoms with van der Waals surface area (Å²) in [6, 6.07) is 8.16. The van der Waals surface area contributed by atoms with Gasteiger partial charge in [-0.2, -0.15) is 0 Å². The lowest BCUT2D eigenvalue weighted by atomic mass is 9.80. The molecule has 4 heteroatoms. The van der Waals surface area contributed by atoms with Crippen molar-refractivity contribution in [3.8, 4) is 0 Å². The van der Waals surface area contributed by atoms with E-state index in [4.69, 9.17) is 0 Å². The van der Waals surface area contributed by atoms with Crippen LogP contribution in [0.2, 0.25) is 0 Å². The van der Waals surface area contributed by atoms with Gasteiger partial charge in [0.1, 0.15) is 0 Å². The van der Waals surface area contributed by atoms with Gasteiger partial charge in [0.15, 0.2) is 0 Å². The lowest BCUT2D eigenvalue weighted by Gasteiger charge is -2.35. The van der Waals surface area contributed by atoms with Crippen LogP contribution in [0.15, 0.2) is 24.3 Å². The molecule has 1 aromatic rings. The zero-order chi connectivity index (χ0) is 13.5. The van der Waals surface area contributed by atoms with Crippen molar-refractivity contribution >= 4 is 31.9 Å². The number of alkyl halides is 2. The summed E-state index contributed by atoms with van der Waals surface area (Å²) in [5.74, 6) is -0.105. The first kappa shape index (κ1) is 12.8. The number of halogens is 2. The summed E-state index contributed by atoms with van der Waals surface area (Å²) in [6.07, 6.45) is 2.49. The van der Waals surface area contributed by atoms with Crippen LogP contribution in [0.3, 0.4) is 0 Å². The van der Waals surface area contributed by atoms with Gasteiger partial charge < -0.3 is 10.2 Å². The van der Waals surface area contributed by atoms with Gasteiger partial charge in [-0.05, 0) is 30.4 Å². The Morgan fingerprint density at radius 1 is 1.11 bits per heavy atom. The number of rotatable bonds is 0. The van der Waals surface area contributed by atoms with Crippen LogP contribution in [-0.2, 0) is 12.8 Å². The van der Waals surface area contributed by atoms with Gasteiger partial charge in [-0.25, -0.2) is 0 Å². The molecule has 0 unspecified atom stereocenters. The summed E-state index contributed by atoms with van der Waals surface area (Å²) in [5.41, 5.74) is 1.55. The molecular formula is C15H16Br2O2. The van der Waals surface area contributed by atoms with Crippen molar-refractivity contribution < 1.29 is 10.2 Å². The Labute approximate surface area is 129 Å². The van der Waals surface area contributed by atoms with Crippen molar-refractivity contribution in [2.45, 2.75) is 46.0 Å².